The molecule has 0 aliphatic heterocycles. The van der Waals surface area contributed by atoms with Crippen molar-refractivity contribution in [2.75, 3.05) is 6.61 Å². The number of pyridine rings is 1. The largest absolute Gasteiger partial charge is 0.462 e. The van der Waals surface area contributed by atoms with Crippen LogP contribution in [0.25, 0.3) is 0 Å². The number of hydrogen-bond acceptors (Lipinski definition) is 5. The van der Waals surface area contributed by atoms with Crippen molar-refractivity contribution in [2.24, 2.45) is 0 Å². The Morgan fingerprint density at radius 1 is 0.658 bits per heavy atom. The van der Waals surface area contributed by atoms with E-state index in [4.69, 9.17) is 4.74 Å². The summed E-state index contributed by atoms with van der Waals surface area (Å²) < 4.78 is 5.70. The predicted molar refractivity (Wildman–Crippen MR) is 144 cm³/mol. The molecule has 38 heavy (non-hydrogen) atoms. The lowest BCUT2D eigenvalue weighted by atomic mass is 10.0. The molecule has 4 rings (SSSR count). The maximum atomic E-state index is 13.3. The summed E-state index contributed by atoms with van der Waals surface area (Å²) in [5.74, 6) is -1.26. The summed E-state index contributed by atoms with van der Waals surface area (Å²) in [5, 5.41) is 5.76. The van der Waals surface area contributed by atoms with Gasteiger partial charge in [0.1, 0.15) is 12.6 Å². The van der Waals surface area contributed by atoms with Gasteiger partial charge in [-0.1, -0.05) is 78.9 Å². The van der Waals surface area contributed by atoms with E-state index in [0.717, 1.165) is 11.1 Å². The second-order valence-corrected chi connectivity index (χ2v) is 8.81. The number of nitrogens with zero attached hydrogens (tertiary/aromatic N) is 1. The molecule has 192 valence electrons. The van der Waals surface area contributed by atoms with Gasteiger partial charge in [-0.15, -0.1) is 0 Å². The van der Waals surface area contributed by atoms with E-state index in [-0.39, 0.29) is 18.9 Å². The zero-order valence-corrected chi connectivity index (χ0v) is 20.8. The number of amides is 2. The average Bonchev–Trinajstić information content (AvgIpc) is 2.97. The average molecular weight is 508 g/mol. The van der Waals surface area contributed by atoms with Gasteiger partial charge in [-0.25, -0.2) is 4.79 Å². The molecule has 7 heteroatoms. The molecule has 7 nitrogen and oxygen atoms in total. The smallest absolute Gasteiger partial charge is 0.329 e. The van der Waals surface area contributed by atoms with Gasteiger partial charge in [-0.3, -0.25) is 14.6 Å². The minimum absolute atomic E-state index is 0.0552. The third-order valence-corrected chi connectivity index (χ3v) is 5.92. The van der Waals surface area contributed by atoms with Gasteiger partial charge < -0.3 is 15.4 Å². The highest BCUT2D eigenvalue weighted by Gasteiger charge is 2.25. The molecule has 2 atom stereocenters. The van der Waals surface area contributed by atoms with Crippen LogP contribution in [0.15, 0.2) is 116 Å². The highest BCUT2D eigenvalue weighted by molar-refractivity contribution is 5.96. The maximum absolute atomic E-state index is 13.3. The summed E-state index contributed by atoms with van der Waals surface area (Å²) >= 11 is 0. The van der Waals surface area contributed by atoms with Gasteiger partial charge in [-0.2, -0.15) is 0 Å². The van der Waals surface area contributed by atoms with Crippen molar-refractivity contribution in [2.45, 2.75) is 24.9 Å². The molecule has 0 aliphatic carbocycles. The zero-order chi connectivity index (χ0) is 26.6. The van der Waals surface area contributed by atoms with Crippen molar-refractivity contribution < 1.29 is 19.1 Å². The molecule has 2 N–H and O–H groups in total. The van der Waals surface area contributed by atoms with Crippen LogP contribution < -0.4 is 10.6 Å². The van der Waals surface area contributed by atoms with Crippen molar-refractivity contribution in [1.82, 2.24) is 15.6 Å². The first-order valence-corrected chi connectivity index (χ1v) is 12.4. The number of hydrogen-bond donors (Lipinski definition) is 2. The number of carbonyl (C=O) groups excluding carboxylic acids is 3. The van der Waals surface area contributed by atoms with Crippen LogP contribution in [0.3, 0.4) is 0 Å². The molecule has 0 bridgehead atoms. The summed E-state index contributed by atoms with van der Waals surface area (Å²) in [5.41, 5.74) is 2.73. The molecule has 2 amide bonds. The van der Waals surface area contributed by atoms with Crippen LogP contribution in [-0.4, -0.2) is 41.5 Å². The van der Waals surface area contributed by atoms with Crippen LogP contribution in [0.2, 0.25) is 0 Å². The number of nitrogens with one attached hydrogen (secondary N) is 2. The Bertz CT molecular complexity index is 1320. The summed E-state index contributed by atoms with van der Waals surface area (Å²) in [6.45, 7) is -0.0552. The van der Waals surface area contributed by atoms with Crippen LogP contribution in [0.4, 0.5) is 0 Å². The van der Waals surface area contributed by atoms with Gasteiger partial charge in [0.2, 0.25) is 0 Å². The summed E-state index contributed by atoms with van der Waals surface area (Å²) in [4.78, 5) is 42.9. The highest BCUT2D eigenvalue weighted by Crippen LogP contribution is 2.10. The minimum Gasteiger partial charge on any atom is -0.462 e. The van der Waals surface area contributed by atoms with Crippen molar-refractivity contribution in [1.29, 1.82) is 0 Å². The van der Waals surface area contributed by atoms with Crippen LogP contribution in [0, 0.1) is 0 Å². The minimum atomic E-state index is -0.924. The molecular weight excluding hydrogens is 478 g/mol. The van der Waals surface area contributed by atoms with Crippen molar-refractivity contribution in [3.8, 4) is 0 Å². The van der Waals surface area contributed by atoms with E-state index in [1.54, 1.807) is 42.6 Å². The summed E-state index contributed by atoms with van der Waals surface area (Å²) in [7, 11) is 0. The van der Waals surface area contributed by atoms with E-state index in [2.05, 4.69) is 15.6 Å². The van der Waals surface area contributed by atoms with Gasteiger partial charge in [0, 0.05) is 24.4 Å². The van der Waals surface area contributed by atoms with E-state index < -0.39 is 24.0 Å². The molecule has 3 aromatic carbocycles. The Labute approximate surface area is 221 Å². The standard InChI is InChI=1S/C31H29N3O4/c35-29(25-15-8-3-9-16-25)33-27(19-23-11-4-1-5-12-23)22-38-31(37)28(20-24-13-6-2-7-14-24)34-30(36)26-17-10-18-32-21-26/h1-18,21,27-28H,19-20,22H2,(H,33,35)(H,34,36)/t27-,28+/m1/s1. The molecule has 1 heterocycles. The predicted octanol–water partition coefficient (Wildman–Crippen LogP) is 4.01. The topological polar surface area (TPSA) is 97.4 Å². The summed E-state index contributed by atoms with van der Waals surface area (Å²) in [6.07, 6.45) is 3.74. The Morgan fingerprint density at radius 2 is 1.21 bits per heavy atom. The number of rotatable bonds is 11. The SMILES string of the molecule is O=C(N[C@@H](COC(=O)[C@H](Cc1ccccc1)NC(=O)c1cccnc1)Cc1ccccc1)c1ccccc1. The monoisotopic (exact) mass is 507 g/mol. The molecule has 0 spiro atoms. The Morgan fingerprint density at radius 3 is 1.82 bits per heavy atom. The van der Waals surface area contributed by atoms with Gasteiger partial charge in [0.15, 0.2) is 0 Å². The quantitative estimate of drug-likeness (QED) is 0.299. The van der Waals surface area contributed by atoms with Crippen LogP contribution in [-0.2, 0) is 22.4 Å². The Hall–Kier alpha value is -4.78. The van der Waals surface area contributed by atoms with Crippen LogP contribution in [0.5, 0.6) is 0 Å². The number of ether oxygens (including phenoxy) is 1. The Kier molecular flexibility index (Phi) is 9.34. The first kappa shape index (κ1) is 26.3. The molecule has 0 fully saturated rings. The number of aromatic nitrogens is 1. The van der Waals surface area contributed by atoms with Gasteiger partial charge in [0.25, 0.3) is 11.8 Å². The highest BCUT2D eigenvalue weighted by atomic mass is 16.5. The molecule has 1 aromatic heterocycles. The number of carbonyl (C=O) groups is 3. The molecule has 0 saturated carbocycles. The fourth-order valence-electron chi connectivity index (χ4n) is 3.97. The van der Waals surface area contributed by atoms with Crippen molar-refractivity contribution >= 4 is 17.8 Å². The zero-order valence-electron chi connectivity index (χ0n) is 20.8. The lowest BCUT2D eigenvalue weighted by Gasteiger charge is -2.22. The van der Waals surface area contributed by atoms with E-state index in [9.17, 15) is 14.4 Å². The number of benzene rings is 3. The third-order valence-electron chi connectivity index (χ3n) is 5.92. The van der Waals surface area contributed by atoms with Crippen LogP contribution in [0.1, 0.15) is 31.8 Å². The van der Waals surface area contributed by atoms with Gasteiger partial charge in [-0.05, 0) is 41.8 Å². The third kappa shape index (κ3) is 7.86. The second-order valence-electron chi connectivity index (χ2n) is 8.81. The number of esters is 1. The van der Waals surface area contributed by atoms with E-state index in [1.165, 1.54) is 6.20 Å². The van der Waals surface area contributed by atoms with Gasteiger partial charge in [0.05, 0.1) is 11.6 Å². The normalized spacial score (nSPS) is 12.1. The Balaban J connectivity index is 1.47. The first-order valence-electron chi connectivity index (χ1n) is 12.4. The van der Waals surface area contributed by atoms with Gasteiger partial charge >= 0.3 is 5.97 Å². The fourth-order valence-corrected chi connectivity index (χ4v) is 3.97. The first-order chi connectivity index (χ1) is 18.6. The van der Waals surface area contributed by atoms with Crippen LogP contribution >= 0.6 is 0 Å². The lowest BCUT2D eigenvalue weighted by molar-refractivity contribution is -0.146. The molecule has 0 unspecified atom stereocenters. The van der Waals surface area contributed by atoms with E-state index in [0.29, 0.717) is 17.5 Å². The van der Waals surface area contributed by atoms with E-state index in [1.807, 2.05) is 66.7 Å². The van der Waals surface area contributed by atoms with E-state index >= 15 is 0 Å². The fraction of sp³-hybridized carbons (Fsp3) is 0.161. The lowest BCUT2D eigenvalue weighted by Crippen LogP contribution is -2.46. The maximum Gasteiger partial charge on any atom is 0.329 e. The van der Waals surface area contributed by atoms with Crippen molar-refractivity contribution in [3.05, 3.63) is 138 Å². The molecular formula is C31H29N3O4. The van der Waals surface area contributed by atoms with Crippen molar-refractivity contribution in [3.63, 3.8) is 0 Å². The second kappa shape index (κ2) is 13.5. The molecule has 4 aromatic rings. The summed E-state index contributed by atoms with van der Waals surface area (Å²) in [6, 6.07) is 29.8. The molecule has 0 saturated heterocycles. The molecule has 0 aliphatic rings. The molecule has 0 radical (unpaired) electrons.